The first-order valence-electron chi connectivity index (χ1n) is 9.91. The van der Waals surface area contributed by atoms with Crippen molar-refractivity contribution in [3.63, 3.8) is 0 Å². The summed E-state index contributed by atoms with van der Waals surface area (Å²) in [6.07, 6.45) is 1.82. The highest BCUT2D eigenvalue weighted by Crippen LogP contribution is 2.32. The van der Waals surface area contributed by atoms with E-state index in [-0.39, 0.29) is 12.4 Å². The topological polar surface area (TPSA) is 70.7 Å². The van der Waals surface area contributed by atoms with Crippen molar-refractivity contribution in [2.75, 3.05) is 6.79 Å². The molecular formula is C24H15BrN4O3. The van der Waals surface area contributed by atoms with Gasteiger partial charge in [0, 0.05) is 10.0 Å². The number of rotatable bonds is 3. The Labute approximate surface area is 190 Å². The average Bonchev–Trinajstić information content (AvgIpc) is 3.51. The smallest absolute Gasteiger partial charge is 0.282 e. The van der Waals surface area contributed by atoms with Crippen LogP contribution in [0.4, 0.5) is 0 Å². The molecule has 0 unspecified atom stereocenters. The lowest BCUT2D eigenvalue weighted by atomic mass is 10.2. The summed E-state index contributed by atoms with van der Waals surface area (Å²) in [6, 6.07) is 22.8. The van der Waals surface area contributed by atoms with Crippen molar-refractivity contribution in [1.82, 2.24) is 19.2 Å². The Bertz CT molecular complexity index is 1570. The molecule has 0 amide bonds. The molecule has 1 aliphatic rings. The summed E-state index contributed by atoms with van der Waals surface area (Å²) >= 11 is 3.46. The number of halogens is 1. The summed E-state index contributed by atoms with van der Waals surface area (Å²) in [5.74, 6) is 2.38. The highest BCUT2D eigenvalue weighted by atomic mass is 79.9. The number of hydrogen-bond donors (Lipinski definition) is 0. The van der Waals surface area contributed by atoms with Gasteiger partial charge in [0.25, 0.3) is 5.56 Å². The first kappa shape index (κ1) is 18.8. The van der Waals surface area contributed by atoms with Crippen molar-refractivity contribution >= 4 is 27.8 Å². The zero-order chi connectivity index (χ0) is 21.7. The molecule has 3 aromatic carbocycles. The molecule has 3 heterocycles. The number of hydrogen-bond acceptors (Lipinski definition) is 5. The van der Waals surface area contributed by atoms with Gasteiger partial charge in [0.05, 0.1) is 5.69 Å². The van der Waals surface area contributed by atoms with Crippen molar-refractivity contribution in [3.05, 3.63) is 98.5 Å². The number of nitrogens with zero attached hydrogens (tertiary/aromatic N) is 4. The number of fused-ring (bicyclic) bond motifs is 2. The Morgan fingerprint density at radius 1 is 0.906 bits per heavy atom. The molecule has 0 fully saturated rings. The predicted octanol–water partition coefficient (Wildman–Crippen LogP) is 3.59. The summed E-state index contributed by atoms with van der Waals surface area (Å²) in [5, 5.41) is 9.24. The lowest BCUT2D eigenvalue weighted by molar-refractivity contribution is 0.174. The van der Waals surface area contributed by atoms with Gasteiger partial charge in [-0.15, -0.1) is 10.2 Å². The second-order valence-electron chi connectivity index (χ2n) is 7.28. The SMILES string of the molecule is O=c1/c(=C\c2ccc3c(c2)OCO3)n2c(-c3ccc(Br)cc3)nnc2n1-c1ccccc1. The number of benzene rings is 3. The van der Waals surface area contributed by atoms with Gasteiger partial charge in [-0.1, -0.05) is 52.3 Å². The Morgan fingerprint density at radius 2 is 1.69 bits per heavy atom. The van der Waals surface area contributed by atoms with Gasteiger partial charge in [0.1, 0.15) is 5.35 Å². The predicted molar refractivity (Wildman–Crippen MR) is 123 cm³/mol. The maximum Gasteiger partial charge on any atom is 0.282 e. The molecule has 0 bridgehead atoms. The van der Waals surface area contributed by atoms with Gasteiger partial charge in [0.15, 0.2) is 17.3 Å². The quantitative estimate of drug-likeness (QED) is 0.389. The summed E-state index contributed by atoms with van der Waals surface area (Å²) in [5.41, 5.74) is 2.21. The van der Waals surface area contributed by atoms with Gasteiger partial charge < -0.3 is 9.47 Å². The lowest BCUT2D eigenvalue weighted by Crippen LogP contribution is -2.30. The van der Waals surface area contributed by atoms with E-state index in [1.165, 1.54) is 0 Å². The average molecular weight is 487 g/mol. The molecule has 6 rings (SSSR count). The monoisotopic (exact) mass is 486 g/mol. The van der Waals surface area contributed by atoms with Crippen molar-refractivity contribution in [2.24, 2.45) is 0 Å². The molecule has 156 valence electrons. The molecule has 0 aliphatic carbocycles. The molecule has 8 heteroatoms. The van der Waals surface area contributed by atoms with Gasteiger partial charge in [-0.3, -0.25) is 9.20 Å². The Morgan fingerprint density at radius 3 is 2.50 bits per heavy atom. The van der Waals surface area contributed by atoms with Crippen LogP contribution >= 0.6 is 15.9 Å². The van der Waals surface area contributed by atoms with Crippen molar-refractivity contribution < 1.29 is 9.47 Å². The second kappa shape index (κ2) is 7.35. The van der Waals surface area contributed by atoms with Crippen LogP contribution < -0.4 is 20.4 Å². The molecule has 0 radical (unpaired) electrons. The largest absolute Gasteiger partial charge is 0.454 e. The van der Waals surface area contributed by atoms with Gasteiger partial charge in [-0.05, 0) is 48.0 Å². The van der Waals surface area contributed by atoms with Crippen LogP contribution in [0.25, 0.3) is 28.9 Å². The summed E-state index contributed by atoms with van der Waals surface area (Å²) in [4.78, 5) is 13.6. The normalized spacial score (nSPS) is 13.2. The number of ether oxygens (including phenoxy) is 2. The third-order valence-electron chi connectivity index (χ3n) is 5.33. The van der Waals surface area contributed by atoms with Crippen LogP contribution in [0.3, 0.4) is 0 Å². The molecule has 32 heavy (non-hydrogen) atoms. The van der Waals surface area contributed by atoms with Crippen LogP contribution in [0.15, 0.2) is 82.1 Å². The van der Waals surface area contributed by atoms with Gasteiger partial charge in [0.2, 0.25) is 12.6 Å². The van der Waals surface area contributed by atoms with Gasteiger partial charge in [-0.25, -0.2) is 4.57 Å². The van der Waals surface area contributed by atoms with Crippen molar-refractivity contribution in [1.29, 1.82) is 0 Å². The summed E-state index contributed by atoms with van der Waals surface area (Å²) in [7, 11) is 0. The molecule has 0 spiro atoms. The fourth-order valence-corrected chi connectivity index (χ4v) is 4.09. The van der Waals surface area contributed by atoms with Crippen molar-refractivity contribution in [3.8, 4) is 28.6 Å². The lowest BCUT2D eigenvalue weighted by Gasteiger charge is -2.00. The first-order valence-corrected chi connectivity index (χ1v) is 10.7. The third-order valence-corrected chi connectivity index (χ3v) is 5.85. The van der Waals surface area contributed by atoms with E-state index >= 15 is 0 Å². The van der Waals surface area contributed by atoms with E-state index in [0.29, 0.717) is 28.5 Å². The standard InChI is InChI=1S/C24H15BrN4O3/c25-17-9-7-16(8-10-17)22-26-27-24-28(18-4-2-1-3-5-18)23(30)19(29(22)24)12-15-6-11-20-21(13-15)32-14-31-20/h1-13H,14H2/b19-12+. The summed E-state index contributed by atoms with van der Waals surface area (Å²) < 4.78 is 15.2. The fourth-order valence-electron chi connectivity index (χ4n) is 3.83. The number of para-hydroxylation sites is 1. The maximum atomic E-state index is 13.6. The zero-order valence-corrected chi connectivity index (χ0v) is 18.2. The fraction of sp³-hybridized carbons (Fsp3) is 0.0417. The molecular weight excluding hydrogens is 472 g/mol. The molecule has 0 saturated heterocycles. The van der Waals surface area contributed by atoms with Crippen LogP contribution in [0.1, 0.15) is 5.56 Å². The minimum absolute atomic E-state index is 0.183. The zero-order valence-electron chi connectivity index (χ0n) is 16.6. The van der Waals surface area contributed by atoms with E-state index < -0.39 is 0 Å². The highest BCUT2D eigenvalue weighted by molar-refractivity contribution is 9.10. The minimum atomic E-state index is -0.183. The van der Waals surface area contributed by atoms with Gasteiger partial charge >= 0.3 is 0 Å². The molecule has 2 aromatic heterocycles. The third kappa shape index (κ3) is 2.99. The van der Waals surface area contributed by atoms with Crippen LogP contribution in [0.2, 0.25) is 0 Å². The highest BCUT2D eigenvalue weighted by Gasteiger charge is 2.20. The van der Waals surface area contributed by atoms with E-state index in [1.54, 1.807) is 8.97 Å². The van der Waals surface area contributed by atoms with Crippen LogP contribution in [-0.2, 0) is 0 Å². The minimum Gasteiger partial charge on any atom is -0.454 e. The van der Waals surface area contributed by atoms with Crippen molar-refractivity contribution in [2.45, 2.75) is 0 Å². The molecule has 1 aliphatic heterocycles. The molecule has 0 N–H and O–H groups in total. The maximum absolute atomic E-state index is 13.6. The van der Waals surface area contributed by atoms with E-state index in [0.717, 1.165) is 21.3 Å². The summed E-state index contributed by atoms with van der Waals surface area (Å²) in [6.45, 7) is 0.194. The van der Waals surface area contributed by atoms with Crippen LogP contribution in [-0.4, -0.2) is 26.0 Å². The van der Waals surface area contributed by atoms with E-state index in [2.05, 4.69) is 26.1 Å². The number of aromatic nitrogens is 4. The second-order valence-corrected chi connectivity index (χ2v) is 8.20. The first-order chi connectivity index (χ1) is 15.7. The van der Waals surface area contributed by atoms with E-state index in [1.807, 2.05) is 78.9 Å². The van der Waals surface area contributed by atoms with E-state index in [9.17, 15) is 4.79 Å². The van der Waals surface area contributed by atoms with Crippen LogP contribution in [0, 0.1) is 0 Å². The molecule has 0 atom stereocenters. The van der Waals surface area contributed by atoms with Crippen LogP contribution in [0.5, 0.6) is 11.5 Å². The molecule has 7 nitrogen and oxygen atoms in total. The Hall–Kier alpha value is -3.91. The molecule has 5 aromatic rings. The number of imidazole rings is 1. The Balaban J connectivity index is 1.66. The van der Waals surface area contributed by atoms with Gasteiger partial charge in [-0.2, -0.15) is 0 Å². The molecule has 0 saturated carbocycles. The van der Waals surface area contributed by atoms with E-state index in [4.69, 9.17) is 9.47 Å². The Kier molecular flexibility index (Phi) is 4.32.